The van der Waals surface area contributed by atoms with Crippen LogP contribution in [0, 0.1) is 0 Å². The Labute approximate surface area is 187 Å². The Morgan fingerprint density at radius 2 is 1.84 bits per heavy atom. The third-order valence-corrected chi connectivity index (χ3v) is 5.68. The first kappa shape index (κ1) is 24.5. The summed E-state index contributed by atoms with van der Waals surface area (Å²) in [5.41, 5.74) is 3.26. The molecule has 0 fully saturated rings. The molecule has 0 aliphatic carbocycles. The minimum absolute atomic E-state index is 0.00924. The van der Waals surface area contributed by atoms with Crippen LogP contribution in [0.25, 0.3) is 6.08 Å². The number of nitrogens with one attached hydrogen (secondary N) is 1. The molecular weight excluding hydrogens is 386 g/mol. The van der Waals surface area contributed by atoms with Crippen LogP contribution in [0.15, 0.2) is 48.5 Å². The molecule has 4 nitrogen and oxygen atoms in total. The van der Waals surface area contributed by atoms with Gasteiger partial charge in [-0.1, -0.05) is 64.7 Å². The second-order valence-electron chi connectivity index (χ2n) is 8.70. The Morgan fingerprint density at radius 1 is 1.10 bits per heavy atom. The molecule has 0 atom stereocenters. The fourth-order valence-corrected chi connectivity index (χ4v) is 3.71. The van der Waals surface area contributed by atoms with Gasteiger partial charge in [0.1, 0.15) is 11.5 Å². The van der Waals surface area contributed by atoms with Crippen LogP contribution >= 0.6 is 0 Å². The number of carbonyl (C=O) groups excluding carboxylic acids is 1. The third kappa shape index (κ3) is 8.12. The lowest BCUT2D eigenvalue weighted by Gasteiger charge is -2.27. The number of hydrogen-bond acceptors (Lipinski definition) is 3. The summed E-state index contributed by atoms with van der Waals surface area (Å²) >= 11 is 0. The fraction of sp³-hybridized carbons (Fsp3) is 0.444. The zero-order valence-electron chi connectivity index (χ0n) is 19.4. The van der Waals surface area contributed by atoms with E-state index in [1.165, 1.54) is 31.2 Å². The second-order valence-corrected chi connectivity index (χ2v) is 8.70. The summed E-state index contributed by atoms with van der Waals surface area (Å²) in [5, 5.41) is 12.2. The zero-order valence-corrected chi connectivity index (χ0v) is 19.4. The van der Waals surface area contributed by atoms with Crippen LogP contribution in [0.5, 0.6) is 11.5 Å². The largest absolute Gasteiger partial charge is 0.508 e. The minimum Gasteiger partial charge on any atom is -0.508 e. The summed E-state index contributed by atoms with van der Waals surface area (Å²) in [6.45, 7) is 7.31. The number of rotatable bonds is 12. The highest BCUT2D eigenvalue weighted by atomic mass is 16.5. The number of carbonyl (C=O) groups is 1. The maximum absolute atomic E-state index is 12.2. The molecule has 0 spiro atoms. The van der Waals surface area contributed by atoms with Crippen LogP contribution in [0.1, 0.15) is 69.6 Å². The number of phenols is 1. The number of aromatic hydroxyl groups is 1. The summed E-state index contributed by atoms with van der Waals surface area (Å²) in [6.07, 6.45) is 10.2. The zero-order chi connectivity index (χ0) is 22.7. The first-order chi connectivity index (χ1) is 14.9. The quantitative estimate of drug-likeness (QED) is 0.324. The van der Waals surface area contributed by atoms with Crippen molar-refractivity contribution in [2.45, 2.75) is 64.7 Å². The Kier molecular flexibility index (Phi) is 9.64. The van der Waals surface area contributed by atoms with Gasteiger partial charge >= 0.3 is 0 Å². The van der Waals surface area contributed by atoms with E-state index in [1.54, 1.807) is 25.3 Å². The van der Waals surface area contributed by atoms with Crippen LogP contribution in [-0.2, 0) is 16.6 Å². The van der Waals surface area contributed by atoms with E-state index >= 15 is 0 Å². The maximum Gasteiger partial charge on any atom is 0.244 e. The van der Waals surface area contributed by atoms with E-state index in [-0.39, 0.29) is 17.1 Å². The Morgan fingerprint density at radius 3 is 2.52 bits per heavy atom. The lowest BCUT2D eigenvalue weighted by molar-refractivity contribution is -0.116. The number of phenolic OH excluding ortho intramolecular Hbond substituents is 1. The van der Waals surface area contributed by atoms with Gasteiger partial charge in [-0.2, -0.15) is 0 Å². The summed E-state index contributed by atoms with van der Waals surface area (Å²) in [7, 11) is 1.71. The van der Waals surface area contributed by atoms with Gasteiger partial charge in [0.25, 0.3) is 0 Å². The van der Waals surface area contributed by atoms with Gasteiger partial charge in [-0.3, -0.25) is 4.79 Å². The summed E-state index contributed by atoms with van der Waals surface area (Å²) in [4.78, 5) is 12.2. The predicted octanol–water partition coefficient (Wildman–Crippen LogP) is 6.02. The second kappa shape index (κ2) is 12.2. The Hall–Kier alpha value is -2.75. The van der Waals surface area contributed by atoms with Gasteiger partial charge in [-0.05, 0) is 59.7 Å². The van der Waals surface area contributed by atoms with E-state index in [4.69, 9.17) is 4.74 Å². The average Bonchev–Trinajstić information content (AvgIpc) is 2.76. The number of unbranched alkanes of at least 4 members (excludes halogenated alkanes) is 3. The smallest absolute Gasteiger partial charge is 0.244 e. The molecule has 0 saturated heterocycles. The van der Waals surface area contributed by atoms with Gasteiger partial charge < -0.3 is 15.2 Å². The number of methoxy groups -OCH3 is 1. The number of ether oxygens (including phenoxy) is 1. The first-order valence-corrected chi connectivity index (χ1v) is 11.3. The summed E-state index contributed by atoms with van der Waals surface area (Å²) in [6, 6.07) is 13.1. The van der Waals surface area contributed by atoms with Crippen molar-refractivity contribution in [3.8, 4) is 11.5 Å². The molecule has 2 N–H and O–H groups in total. The topological polar surface area (TPSA) is 58.6 Å². The van der Waals surface area contributed by atoms with Gasteiger partial charge in [0.05, 0.1) is 7.11 Å². The van der Waals surface area contributed by atoms with Crippen LogP contribution < -0.4 is 10.1 Å². The number of hydrogen-bond donors (Lipinski definition) is 2. The Bertz CT molecular complexity index is 853. The van der Waals surface area contributed by atoms with Gasteiger partial charge in [-0.25, -0.2) is 0 Å². The molecule has 1 amide bonds. The van der Waals surface area contributed by atoms with Crippen molar-refractivity contribution >= 4 is 12.0 Å². The van der Waals surface area contributed by atoms with E-state index in [2.05, 4.69) is 32.2 Å². The molecular formula is C27H37NO3. The van der Waals surface area contributed by atoms with Gasteiger partial charge in [0.15, 0.2) is 0 Å². The van der Waals surface area contributed by atoms with Crippen LogP contribution in [0.2, 0.25) is 0 Å². The molecule has 2 aromatic carbocycles. The van der Waals surface area contributed by atoms with Gasteiger partial charge in [0.2, 0.25) is 5.91 Å². The molecule has 4 heteroatoms. The molecule has 0 heterocycles. The molecule has 0 saturated carbocycles. The van der Waals surface area contributed by atoms with Crippen molar-refractivity contribution in [2.75, 3.05) is 13.7 Å². The molecule has 0 aliphatic heterocycles. The van der Waals surface area contributed by atoms with Gasteiger partial charge in [-0.15, -0.1) is 0 Å². The Balaban J connectivity index is 1.97. The third-order valence-electron chi connectivity index (χ3n) is 5.68. The lowest BCUT2D eigenvalue weighted by Crippen LogP contribution is -2.23. The molecule has 0 aromatic heterocycles. The molecule has 2 rings (SSSR count). The summed E-state index contributed by atoms with van der Waals surface area (Å²) in [5.74, 6) is 1.03. The van der Waals surface area contributed by atoms with Crippen LogP contribution in [0.3, 0.4) is 0 Å². The molecule has 0 aliphatic rings. The number of benzene rings is 2. The SMILES string of the molecule is CCCCCCC(C)(C)c1cc(C=CC(=O)NCCc2ccc(O)cc2)ccc1OC. The normalized spacial score (nSPS) is 11.6. The van der Waals surface area contributed by atoms with Crippen LogP contribution in [-0.4, -0.2) is 24.7 Å². The van der Waals surface area contributed by atoms with Crippen molar-refractivity contribution < 1.29 is 14.6 Å². The highest BCUT2D eigenvalue weighted by Crippen LogP contribution is 2.36. The average molecular weight is 424 g/mol. The minimum atomic E-state index is -0.116. The number of amides is 1. The maximum atomic E-state index is 12.2. The van der Waals surface area contributed by atoms with E-state index < -0.39 is 0 Å². The van der Waals surface area contributed by atoms with Gasteiger partial charge in [0, 0.05) is 18.2 Å². The standard InChI is InChI=1S/C27H37NO3/c1-5-6-7-8-18-27(2,3)24-20-22(11-15-25(24)31-4)12-16-26(30)28-19-17-21-9-13-23(29)14-10-21/h9-16,20,29H,5-8,17-19H2,1-4H3,(H,28,30). The lowest BCUT2D eigenvalue weighted by atomic mass is 9.79. The van der Waals surface area contributed by atoms with E-state index in [0.29, 0.717) is 6.54 Å². The molecule has 2 aromatic rings. The van der Waals surface area contributed by atoms with Crippen molar-refractivity contribution in [1.29, 1.82) is 0 Å². The molecule has 168 valence electrons. The van der Waals surface area contributed by atoms with Crippen molar-refractivity contribution in [2.24, 2.45) is 0 Å². The van der Waals surface area contributed by atoms with Crippen LogP contribution in [0.4, 0.5) is 0 Å². The first-order valence-electron chi connectivity index (χ1n) is 11.3. The highest BCUT2D eigenvalue weighted by molar-refractivity contribution is 5.91. The van der Waals surface area contributed by atoms with E-state index in [0.717, 1.165) is 29.7 Å². The predicted molar refractivity (Wildman–Crippen MR) is 129 cm³/mol. The summed E-state index contributed by atoms with van der Waals surface area (Å²) < 4.78 is 5.62. The van der Waals surface area contributed by atoms with Crippen molar-refractivity contribution in [3.05, 3.63) is 65.2 Å². The molecule has 0 radical (unpaired) electrons. The fourth-order valence-electron chi connectivity index (χ4n) is 3.71. The highest BCUT2D eigenvalue weighted by Gasteiger charge is 2.24. The van der Waals surface area contributed by atoms with E-state index in [9.17, 15) is 9.90 Å². The van der Waals surface area contributed by atoms with Crippen molar-refractivity contribution in [1.82, 2.24) is 5.32 Å². The van der Waals surface area contributed by atoms with Crippen molar-refractivity contribution in [3.63, 3.8) is 0 Å². The van der Waals surface area contributed by atoms with E-state index in [1.807, 2.05) is 30.3 Å². The molecule has 0 unspecified atom stereocenters. The monoisotopic (exact) mass is 423 g/mol. The molecule has 0 bridgehead atoms. The molecule has 31 heavy (non-hydrogen) atoms.